The van der Waals surface area contributed by atoms with Crippen molar-refractivity contribution in [2.24, 2.45) is 0 Å². The van der Waals surface area contributed by atoms with Crippen LogP contribution in [0.2, 0.25) is 0 Å². The van der Waals surface area contributed by atoms with Gasteiger partial charge in [0.15, 0.2) is 0 Å². The van der Waals surface area contributed by atoms with Crippen molar-refractivity contribution in [1.82, 2.24) is 0 Å². The normalized spacial score (nSPS) is 11.2. The predicted octanol–water partition coefficient (Wildman–Crippen LogP) is 3.66. The van der Waals surface area contributed by atoms with E-state index in [9.17, 15) is 18.1 Å². The zero-order valence-electron chi connectivity index (χ0n) is 19.5. The van der Waals surface area contributed by atoms with Gasteiger partial charge in [-0.1, -0.05) is 101 Å². The van der Waals surface area contributed by atoms with E-state index in [-0.39, 0.29) is 57.1 Å². The molecular formula is C25H35KO5S. The molecule has 0 bridgehead atoms. The Labute approximate surface area is 236 Å². The molecule has 2 rings (SSSR count). The van der Waals surface area contributed by atoms with E-state index < -0.39 is 20.8 Å². The van der Waals surface area contributed by atoms with Crippen LogP contribution in [0.1, 0.15) is 83.1 Å². The summed E-state index contributed by atoms with van der Waals surface area (Å²) < 4.78 is 38.5. The molecule has 7 heteroatoms. The van der Waals surface area contributed by atoms with E-state index in [4.69, 9.17) is 4.74 Å². The number of para-hydroxylation sites is 1. The summed E-state index contributed by atoms with van der Waals surface area (Å²) in [6.45, 7) is 2.23. The van der Waals surface area contributed by atoms with Crippen molar-refractivity contribution < 1.29 is 74.2 Å². The summed E-state index contributed by atoms with van der Waals surface area (Å²) >= 11 is 0. The Balaban J connectivity index is 0.00000512. The van der Waals surface area contributed by atoms with Crippen molar-refractivity contribution in [3.05, 3.63) is 48.0 Å². The number of ether oxygens (including phenoxy) is 1. The van der Waals surface area contributed by atoms with Crippen molar-refractivity contribution in [2.75, 3.05) is 0 Å². The van der Waals surface area contributed by atoms with E-state index in [2.05, 4.69) is 6.92 Å². The number of aryl methyl sites for hydroxylation is 1. The second-order valence-electron chi connectivity index (χ2n) is 8.09. The Bertz CT molecular complexity index is 885. The number of rotatable bonds is 15. The van der Waals surface area contributed by atoms with E-state index in [0.717, 1.165) is 25.3 Å². The van der Waals surface area contributed by atoms with Gasteiger partial charge >= 0.3 is 51.4 Å². The van der Waals surface area contributed by atoms with Gasteiger partial charge in [-0.3, -0.25) is 4.55 Å². The van der Waals surface area contributed by atoms with Gasteiger partial charge in [-0.05, 0) is 31.0 Å². The number of hydrogen-bond acceptors (Lipinski definition) is 4. The topological polar surface area (TPSA) is 86.7 Å². The molecule has 0 aromatic heterocycles. The molecular weight excluding hydrogens is 451 g/mol. The molecule has 2 aromatic rings. The average molecular weight is 487 g/mol. The molecule has 0 spiro atoms. The smallest absolute Gasteiger partial charge is 0.871 e. The number of benzene rings is 2. The number of unbranched alkanes of at least 4 members (excludes halogenated alkanes) is 10. The first-order valence-electron chi connectivity index (χ1n) is 11.5. The van der Waals surface area contributed by atoms with Gasteiger partial charge in [0.25, 0.3) is 10.1 Å². The van der Waals surface area contributed by atoms with E-state index >= 15 is 0 Å². The van der Waals surface area contributed by atoms with Crippen LogP contribution in [0.15, 0.2) is 47.4 Å². The van der Waals surface area contributed by atoms with Crippen LogP contribution in [0.25, 0.3) is 0 Å². The second-order valence-corrected chi connectivity index (χ2v) is 9.48. The number of hydrogen-bond donors (Lipinski definition) is 1. The van der Waals surface area contributed by atoms with Crippen LogP contribution < -0.4 is 61.2 Å². The molecule has 0 unspecified atom stereocenters. The van der Waals surface area contributed by atoms with Crippen LogP contribution in [-0.2, 0) is 16.5 Å². The van der Waals surface area contributed by atoms with Crippen molar-refractivity contribution in [3.8, 4) is 17.2 Å². The summed E-state index contributed by atoms with van der Waals surface area (Å²) in [7, 11) is -4.62. The van der Waals surface area contributed by atoms with Gasteiger partial charge in [-0.2, -0.15) is 8.42 Å². The van der Waals surface area contributed by atoms with Crippen molar-refractivity contribution >= 4 is 10.1 Å². The molecule has 0 amide bonds. The summed E-state index contributed by atoms with van der Waals surface area (Å²) in [6, 6.07) is 11.6. The average Bonchev–Trinajstić information content (AvgIpc) is 2.74. The summed E-state index contributed by atoms with van der Waals surface area (Å²) in [6.07, 6.45) is 13.7. The van der Waals surface area contributed by atoms with Crippen LogP contribution in [0.5, 0.6) is 17.2 Å². The largest absolute Gasteiger partial charge is 1.00 e. The molecule has 0 heterocycles. The third kappa shape index (κ3) is 11.1. The fraction of sp³-hybridized carbons (Fsp3) is 0.520. The van der Waals surface area contributed by atoms with Gasteiger partial charge in [0, 0.05) is 6.07 Å². The van der Waals surface area contributed by atoms with Gasteiger partial charge in [-0.15, -0.1) is 0 Å². The van der Waals surface area contributed by atoms with Crippen LogP contribution >= 0.6 is 0 Å². The van der Waals surface area contributed by atoms with Crippen molar-refractivity contribution in [2.45, 2.75) is 88.9 Å². The maximum atomic E-state index is 12.5. The van der Waals surface area contributed by atoms with Gasteiger partial charge in [0.05, 0.1) is 4.90 Å². The molecule has 0 fully saturated rings. The maximum Gasteiger partial charge on any atom is 1.00 e. The summed E-state index contributed by atoms with van der Waals surface area (Å²) in [5.41, 5.74) is 0.358. The summed E-state index contributed by atoms with van der Waals surface area (Å²) in [5, 5.41) is 12.5. The Hall–Kier alpha value is -0.414. The quantitative estimate of drug-likeness (QED) is 0.236. The SMILES string of the molecule is CCCCCCCCCCCCCc1cc(Oc2ccccc2)cc(S(=O)(=O)O)c1[O-].[K+]. The van der Waals surface area contributed by atoms with Crippen LogP contribution in [0.4, 0.5) is 0 Å². The Morgan fingerprint density at radius 2 is 1.34 bits per heavy atom. The minimum Gasteiger partial charge on any atom is -0.871 e. The maximum absolute atomic E-state index is 12.5. The zero-order chi connectivity index (χ0) is 22.5. The van der Waals surface area contributed by atoms with Gasteiger partial charge in [0.2, 0.25) is 0 Å². The standard InChI is InChI=1S/C25H36O5S.K/c1-2-3-4-5-6-7-8-9-10-11-13-16-21-19-23(30-22-17-14-12-15-18-22)20-24(25(21)26)31(27,28)29;/h12,14-15,17-20,26H,2-11,13,16H2,1H3,(H,27,28,29);/q;+1/p-1. The molecule has 2 aromatic carbocycles. The first kappa shape index (κ1) is 29.6. The minimum atomic E-state index is -4.62. The molecule has 32 heavy (non-hydrogen) atoms. The van der Waals surface area contributed by atoms with E-state index in [1.54, 1.807) is 30.3 Å². The molecule has 0 saturated heterocycles. The molecule has 5 nitrogen and oxygen atoms in total. The van der Waals surface area contributed by atoms with Crippen LogP contribution in [0.3, 0.4) is 0 Å². The molecule has 0 radical (unpaired) electrons. The third-order valence-corrected chi connectivity index (χ3v) is 6.27. The monoisotopic (exact) mass is 486 g/mol. The van der Waals surface area contributed by atoms with Crippen molar-refractivity contribution in [1.29, 1.82) is 0 Å². The van der Waals surface area contributed by atoms with Gasteiger partial charge in [-0.25, -0.2) is 0 Å². The first-order valence-corrected chi connectivity index (χ1v) is 12.9. The zero-order valence-corrected chi connectivity index (χ0v) is 23.5. The van der Waals surface area contributed by atoms with E-state index in [1.165, 1.54) is 51.4 Å². The molecule has 0 atom stereocenters. The molecule has 0 aliphatic carbocycles. The minimum absolute atomic E-state index is 0. The Morgan fingerprint density at radius 1 is 0.812 bits per heavy atom. The summed E-state index contributed by atoms with van der Waals surface area (Å²) in [4.78, 5) is -0.626. The van der Waals surface area contributed by atoms with E-state index in [1.807, 2.05) is 6.07 Å². The fourth-order valence-electron chi connectivity index (χ4n) is 3.67. The fourth-order valence-corrected chi connectivity index (χ4v) is 4.30. The predicted molar refractivity (Wildman–Crippen MR) is 122 cm³/mol. The van der Waals surface area contributed by atoms with E-state index in [0.29, 0.717) is 17.7 Å². The molecule has 0 aliphatic heterocycles. The Kier molecular flexibility index (Phi) is 15.0. The van der Waals surface area contributed by atoms with Crippen molar-refractivity contribution in [3.63, 3.8) is 0 Å². The Morgan fingerprint density at radius 3 is 1.88 bits per heavy atom. The van der Waals surface area contributed by atoms with Gasteiger partial charge < -0.3 is 9.84 Å². The van der Waals surface area contributed by atoms with Crippen LogP contribution in [0, 0.1) is 0 Å². The first-order chi connectivity index (χ1) is 14.9. The third-order valence-electron chi connectivity index (χ3n) is 5.41. The second kappa shape index (κ2) is 16.3. The molecule has 0 saturated carbocycles. The van der Waals surface area contributed by atoms with Gasteiger partial charge in [0.1, 0.15) is 11.5 Å². The van der Waals surface area contributed by atoms with Crippen LogP contribution in [-0.4, -0.2) is 13.0 Å². The molecule has 1 N–H and O–H groups in total. The molecule has 172 valence electrons. The summed E-state index contributed by atoms with van der Waals surface area (Å²) in [5.74, 6) is 0.120. The molecule has 0 aliphatic rings.